The van der Waals surface area contributed by atoms with E-state index >= 15 is 0 Å². The van der Waals surface area contributed by atoms with Crippen molar-refractivity contribution in [2.75, 3.05) is 0 Å². The Labute approximate surface area is 106 Å². The molecule has 0 spiro atoms. The first-order valence-corrected chi connectivity index (χ1v) is 11.5. The maximum absolute atomic E-state index is 2.69. The SMILES string of the molecule is C[CH2][Ru]([CH2]C)([CH2]C)([n]1cccc1)[n]1cccc1. The number of aromatic nitrogens is 2. The van der Waals surface area contributed by atoms with Gasteiger partial charge in [0.1, 0.15) is 0 Å². The van der Waals surface area contributed by atoms with Crippen molar-refractivity contribution in [3.05, 3.63) is 49.1 Å². The molecule has 0 aliphatic heterocycles. The van der Waals surface area contributed by atoms with Crippen LogP contribution in [0.5, 0.6) is 0 Å². The zero-order chi connectivity index (χ0) is 12.4. The Hall–Kier alpha value is -0.817. The van der Waals surface area contributed by atoms with E-state index in [-0.39, 0.29) is 0 Å². The normalized spacial score (nSPS) is 14.4. The summed E-state index contributed by atoms with van der Waals surface area (Å²) in [4.78, 5) is 0. The van der Waals surface area contributed by atoms with Gasteiger partial charge in [0.15, 0.2) is 0 Å². The Balaban J connectivity index is 2.73. The Morgan fingerprint density at radius 1 is 0.647 bits per heavy atom. The van der Waals surface area contributed by atoms with Crippen molar-refractivity contribution in [2.24, 2.45) is 0 Å². The molecule has 2 aromatic heterocycles. The molecule has 2 rings (SSSR count). The Bertz CT molecular complexity index is 403. The standard InChI is InChI=1S/2C4H4N.3C2H5.Ru/c2*1-2-4-5-3-1;3*1-2;/h2*1-4H;3*1H2,2H3;/q2*-1;;;;+2. The van der Waals surface area contributed by atoms with Crippen LogP contribution >= 0.6 is 0 Å². The third-order valence-electron chi connectivity index (χ3n) is 3.79. The zero-order valence-electron chi connectivity index (χ0n) is 11.0. The molecule has 2 heterocycles. The monoisotopic (exact) mass is 321 g/mol. The van der Waals surface area contributed by atoms with Gasteiger partial charge in [-0.3, -0.25) is 0 Å². The van der Waals surface area contributed by atoms with E-state index in [0.29, 0.717) is 0 Å². The Morgan fingerprint density at radius 2 is 0.941 bits per heavy atom. The Morgan fingerprint density at radius 3 is 1.18 bits per heavy atom. The second kappa shape index (κ2) is 4.46. The minimum atomic E-state index is -2.69. The molecule has 2 aromatic rings. The van der Waals surface area contributed by atoms with Gasteiger partial charge in [-0.05, 0) is 0 Å². The molecule has 3 heteroatoms. The van der Waals surface area contributed by atoms with Crippen LogP contribution in [-0.2, 0) is 14.1 Å². The van der Waals surface area contributed by atoms with Crippen LogP contribution in [0.15, 0.2) is 49.1 Å². The van der Waals surface area contributed by atoms with Gasteiger partial charge in [-0.2, -0.15) is 0 Å². The number of rotatable bonds is 5. The van der Waals surface area contributed by atoms with Crippen molar-refractivity contribution in [3.63, 3.8) is 0 Å². The van der Waals surface area contributed by atoms with Crippen LogP contribution in [0.2, 0.25) is 15.0 Å². The van der Waals surface area contributed by atoms with E-state index in [4.69, 9.17) is 0 Å². The van der Waals surface area contributed by atoms with Crippen LogP contribution in [0, 0.1) is 0 Å². The molecule has 97 valence electrons. The summed E-state index contributed by atoms with van der Waals surface area (Å²) in [6.07, 6.45) is 9.06. The quantitative estimate of drug-likeness (QED) is 0.717. The number of hydrogen-bond donors (Lipinski definition) is 0. The molecule has 0 unspecified atom stereocenters. The average Bonchev–Trinajstić information content (AvgIpc) is 3.07. The van der Waals surface area contributed by atoms with Crippen LogP contribution < -0.4 is 0 Å². The van der Waals surface area contributed by atoms with E-state index in [1.807, 2.05) is 0 Å². The summed E-state index contributed by atoms with van der Waals surface area (Å²) in [6.45, 7) is 7.08. The van der Waals surface area contributed by atoms with Crippen molar-refractivity contribution in [3.8, 4) is 0 Å². The fourth-order valence-corrected chi connectivity index (χ4v) is 12.7. The van der Waals surface area contributed by atoms with Gasteiger partial charge in [-0.25, -0.2) is 0 Å². The van der Waals surface area contributed by atoms with E-state index in [9.17, 15) is 0 Å². The first kappa shape index (κ1) is 12.6. The molecule has 0 aliphatic carbocycles. The summed E-state index contributed by atoms with van der Waals surface area (Å²) in [5.74, 6) is 0. The molecule has 0 aliphatic rings. The molecule has 0 bridgehead atoms. The van der Waals surface area contributed by atoms with Gasteiger partial charge >= 0.3 is 106 Å². The van der Waals surface area contributed by atoms with Crippen molar-refractivity contribution >= 4 is 0 Å². The van der Waals surface area contributed by atoms with Crippen molar-refractivity contribution in [1.29, 1.82) is 0 Å². The fourth-order valence-electron chi connectivity index (χ4n) is 2.56. The molecule has 0 saturated carbocycles. The van der Waals surface area contributed by atoms with E-state index in [2.05, 4.69) is 76.4 Å². The summed E-state index contributed by atoms with van der Waals surface area (Å²) in [5, 5.41) is 3.77. The van der Waals surface area contributed by atoms with Crippen LogP contribution in [-0.4, -0.2) is 6.62 Å². The van der Waals surface area contributed by atoms with E-state index < -0.39 is 14.1 Å². The van der Waals surface area contributed by atoms with Crippen molar-refractivity contribution in [2.45, 2.75) is 35.8 Å². The average molecular weight is 320 g/mol. The van der Waals surface area contributed by atoms with Gasteiger partial charge in [-0.1, -0.05) is 0 Å². The molecule has 0 aromatic carbocycles. The van der Waals surface area contributed by atoms with Gasteiger partial charge in [0.2, 0.25) is 0 Å². The molecule has 0 N–H and O–H groups in total. The van der Waals surface area contributed by atoms with Crippen LogP contribution in [0.25, 0.3) is 0 Å². The van der Waals surface area contributed by atoms with Crippen LogP contribution in [0.3, 0.4) is 0 Å². The second-order valence-corrected chi connectivity index (χ2v) is 15.8. The first-order chi connectivity index (χ1) is 8.22. The molecule has 0 atom stereocenters. The van der Waals surface area contributed by atoms with Crippen molar-refractivity contribution in [1.82, 2.24) is 6.62 Å². The van der Waals surface area contributed by atoms with Gasteiger partial charge < -0.3 is 0 Å². The predicted octanol–water partition coefficient (Wildman–Crippen LogP) is 4.52. The van der Waals surface area contributed by atoms with Gasteiger partial charge in [0.25, 0.3) is 0 Å². The topological polar surface area (TPSA) is 9.86 Å². The summed E-state index contributed by atoms with van der Waals surface area (Å²) in [7, 11) is 0. The van der Waals surface area contributed by atoms with Crippen LogP contribution in [0.1, 0.15) is 20.8 Å². The van der Waals surface area contributed by atoms with E-state index in [1.54, 1.807) is 0 Å². The minimum absolute atomic E-state index is 1.26. The molecule has 0 amide bonds. The maximum atomic E-state index is 2.55. The fraction of sp³-hybridized carbons (Fsp3) is 0.429. The first-order valence-electron chi connectivity index (χ1n) is 6.22. The molecular formula is C14H23N2Ru. The number of hydrogen-bond acceptors (Lipinski definition) is 0. The summed E-state index contributed by atoms with van der Waals surface area (Å²) in [5.41, 5.74) is 0. The zero-order valence-corrected chi connectivity index (χ0v) is 12.7. The van der Waals surface area contributed by atoms with Gasteiger partial charge in [-0.15, -0.1) is 0 Å². The van der Waals surface area contributed by atoms with E-state index in [0.717, 1.165) is 0 Å². The third-order valence-corrected chi connectivity index (χ3v) is 18.0. The predicted molar refractivity (Wildman–Crippen MR) is 71.1 cm³/mol. The van der Waals surface area contributed by atoms with Crippen LogP contribution in [0.4, 0.5) is 0 Å². The summed E-state index contributed by atoms with van der Waals surface area (Å²) in [6, 6.07) is 8.63. The van der Waals surface area contributed by atoms with Gasteiger partial charge in [0, 0.05) is 0 Å². The molecule has 0 saturated heterocycles. The molecule has 0 radical (unpaired) electrons. The molecule has 17 heavy (non-hydrogen) atoms. The number of nitrogens with zero attached hydrogens (tertiary/aromatic N) is 2. The summed E-state index contributed by atoms with van der Waals surface area (Å²) < 4.78 is 5.11. The van der Waals surface area contributed by atoms with E-state index in [1.165, 1.54) is 15.0 Å². The Kier molecular flexibility index (Phi) is 3.31. The molecule has 0 fully saturated rings. The molecular weight excluding hydrogens is 297 g/mol. The third kappa shape index (κ3) is 1.56. The van der Waals surface area contributed by atoms with Gasteiger partial charge in [0.05, 0.1) is 0 Å². The summed E-state index contributed by atoms with van der Waals surface area (Å²) >= 11 is -2.69. The van der Waals surface area contributed by atoms with Crippen molar-refractivity contribution < 1.29 is 14.1 Å². The molecule has 2 nitrogen and oxygen atoms in total. The second-order valence-electron chi connectivity index (χ2n) is 4.05.